The molecule has 0 unspecified atom stereocenters. The van der Waals surface area contributed by atoms with Crippen LogP contribution in [0.5, 0.6) is 5.75 Å². The van der Waals surface area contributed by atoms with Gasteiger partial charge in [0.2, 0.25) is 11.1 Å². The summed E-state index contributed by atoms with van der Waals surface area (Å²) in [5.41, 5.74) is 2.23. The van der Waals surface area contributed by atoms with Crippen molar-refractivity contribution in [2.24, 2.45) is 5.92 Å². The van der Waals surface area contributed by atoms with Crippen LogP contribution in [-0.2, 0) is 11.4 Å². The normalized spacial score (nSPS) is 12.2. The maximum atomic E-state index is 12.1. The molecule has 0 saturated heterocycles. The number of hydrogen-bond donors (Lipinski definition) is 2. The molecule has 26 heavy (non-hydrogen) atoms. The Kier molecular flexibility index (Phi) is 6.90. The van der Waals surface area contributed by atoms with Crippen LogP contribution >= 0.6 is 11.8 Å². The second kappa shape index (κ2) is 8.93. The summed E-state index contributed by atoms with van der Waals surface area (Å²) in [7, 11) is 0. The molecule has 2 aromatic rings. The van der Waals surface area contributed by atoms with E-state index in [9.17, 15) is 4.79 Å². The number of aromatic nitrogens is 3. The molecule has 0 spiro atoms. The molecule has 142 valence electrons. The average Bonchev–Trinajstić information content (AvgIpc) is 2.92. The summed E-state index contributed by atoms with van der Waals surface area (Å²) in [4.78, 5) is 12.1. The number of rotatable bonds is 8. The van der Waals surface area contributed by atoms with Crippen molar-refractivity contribution in [1.82, 2.24) is 20.2 Å². The smallest absolute Gasteiger partial charge is 0.233 e. The van der Waals surface area contributed by atoms with E-state index in [0.717, 1.165) is 11.3 Å². The van der Waals surface area contributed by atoms with Crippen LogP contribution in [0.25, 0.3) is 0 Å². The first-order chi connectivity index (χ1) is 12.3. The number of thioether (sulfide) groups is 1. The summed E-state index contributed by atoms with van der Waals surface area (Å²) in [5.74, 6) is 7.71. The van der Waals surface area contributed by atoms with Gasteiger partial charge in [-0.25, -0.2) is 4.68 Å². The van der Waals surface area contributed by atoms with Crippen molar-refractivity contribution in [3.05, 3.63) is 35.2 Å². The third-order valence-electron chi connectivity index (χ3n) is 3.76. The fourth-order valence-corrected chi connectivity index (χ4v) is 3.06. The number of benzene rings is 1. The van der Waals surface area contributed by atoms with Crippen molar-refractivity contribution in [1.29, 1.82) is 0 Å². The minimum absolute atomic E-state index is 0.0419. The van der Waals surface area contributed by atoms with Gasteiger partial charge >= 0.3 is 0 Å². The third kappa shape index (κ3) is 5.39. The molecule has 7 nitrogen and oxygen atoms in total. The number of ether oxygens (including phenoxy) is 1. The summed E-state index contributed by atoms with van der Waals surface area (Å²) in [6.07, 6.45) is 0. The van der Waals surface area contributed by atoms with Gasteiger partial charge in [-0.3, -0.25) is 4.79 Å². The highest BCUT2D eigenvalue weighted by Gasteiger charge is 2.19. The van der Waals surface area contributed by atoms with Crippen molar-refractivity contribution < 1.29 is 9.53 Å². The first kappa shape index (κ1) is 20.1. The molecule has 1 aromatic heterocycles. The van der Waals surface area contributed by atoms with Crippen LogP contribution < -0.4 is 15.9 Å². The molecular weight excluding hydrogens is 350 g/mol. The molecule has 1 atom stereocenters. The largest absolute Gasteiger partial charge is 0.485 e. The molecule has 3 N–H and O–H groups in total. The van der Waals surface area contributed by atoms with Crippen LogP contribution in [-0.4, -0.2) is 32.6 Å². The van der Waals surface area contributed by atoms with Gasteiger partial charge in [-0.05, 0) is 38.3 Å². The number of hydrogen-bond acceptors (Lipinski definition) is 6. The number of amides is 1. The van der Waals surface area contributed by atoms with Crippen molar-refractivity contribution in [3.63, 3.8) is 0 Å². The Labute approximate surface area is 158 Å². The Morgan fingerprint density at radius 1 is 1.31 bits per heavy atom. The van der Waals surface area contributed by atoms with Gasteiger partial charge in [-0.15, -0.1) is 10.2 Å². The van der Waals surface area contributed by atoms with Crippen LogP contribution in [0.4, 0.5) is 0 Å². The molecule has 0 radical (unpaired) electrons. The zero-order valence-corrected chi connectivity index (χ0v) is 16.8. The predicted molar refractivity (Wildman–Crippen MR) is 104 cm³/mol. The minimum atomic E-state index is -0.312. The highest BCUT2D eigenvalue weighted by Crippen LogP contribution is 2.22. The number of nitrogens with two attached hydrogens (primary N) is 1. The van der Waals surface area contributed by atoms with E-state index in [1.165, 1.54) is 22.0 Å². The molecule has 0 aliphatic carbocycles. The zero-order chi connectivity index (χ0) is 19.3. The maximum absolute atomic E-state index is 12.1. The lowest BCUT2D eigenvalue weighted by Gasteiger charge is -2.13. The molecule has 1 heterocycles. The first-order valence-electron chi connectivity index (χ1n) is 8.61. The standard InChI is InChI=1S/C18H27N5O2S/c1-11(2)9-20-17(24)14(5)26-18-22-21-16(23(18)19)10-25-15-7-6-12(3)8-13(15)4/h6-8,11,14H,9-10,19H2,1-5H3,(H,20,24)/t14-/m1/s1. The van der Waals surface area contributed by atoms with Gasteiger partial charge in [0.1, 0.15) is 12.4 Å². The van der Waals surface area contributed by atoms with Gasteiger partial charge in [0.25, 0.3) is 0 Å². The van der Waals surface area contributed by atoms with Gasteiger partial charge in [-0.1, -0.05) is 43.3 Å². The minimum Gasteiger partial charge on any atom is -0.485 e. The Morgan fingerprint density at radius 3 is 2.69 bits per heavy atom. The molecule has 0 aliphatic rings. The zero-order valence-electron chi connectivity index (χ0n) is 15.9. The van der Waals surface area contributed by atoms with Crippen LogP contribution in [0.3, 0.4) is 0 Å². The van der Waals surface area contributed by atoms with Crippen molar-refractivity contribution >= 4 is 17.7 Å². The molecule has 0 bridgehead atoms. The highest BCUT2D eigenvalue weighted by molar-refractivity contribution is 8.00. The SMILES string of the molecule is Cc1ccc(OCc2nnc(S[C@H](C)C(=O)NCC(C)C)n2N)c(C)c1. The number of nitrogens with zero attached hydrogens (tertiary/aromatic N) is 3. The van der Waals surface area contributed by atoms with Gasteiger partial charge in [0, 0.05) is 6.54 Å². The van der Waals surface area contributed by atoms with Crippen LogP contribution in [0.15, 0.2) is 23.4 Å². The van der Waals surface area contributed by atoms with Crippen molar-refractivity contribution in [3.8, 4) is 5.75 Å². The highest BCUT2D eigenvalue weighted by atomic mass is 32.2. The van der Waals surface area contributed by atoms with E-state index in [1.54, 1.807) is 0 Å². The fraction of sp³-hybridized carbons (Fsp3) is 0.500. The van der Waals surface area contributed by atoms with Crippen LogP contribution in [0.2, 0.25) is 0 Å². The van der Waals surface area contributed by atoms with Crippen LogP contribution in [0.1, 0.15) is 37.7 Å². The second-order valence-electron chi connectivity index (χ2n) is 6.73. The number of nitrogens with one attached hydrogen (secondary N) is 1. The lowest BCUT2D eigenvalue weighted by atomic mass is 10.1. The molecule has 1 amide bonds. The Morgan fingerprint density at radius 2 is 2.04 bits per heavy atom. The number of carbonyl (C=O) groups is 1. The van der Waals surface area contributed by atoms with Gasteiger partial charge in [-0.2, -0.15) is 0 Å². The van der Waals surface area contributed by atoms with E-state index >= 15 is 0 Å². The molecule has 0 fully saturated rings. The summed E-state index contributed by atoms with van der Waals surface area (Å²) in [6.45, 7) is 10.8. The quantitative estimate of drug-likeness (QED) is 0.542. The fourth-order valence-electron chi connectivity index (χ4n) is 2.25. The third-order valence-corrected chi connectivity index (χ3v) is 4.82. The molecular formula is C18H27N5O2S. The van der Waals surface area contributed by atoms with Gasteiger partial charge < -0.3 is 15.9 Å². The molecule has 8 heteroatoms. The van der Waals surface area contributed by atoms with E-state index in [4.69, 9.17) is 10.6 Å². The number of nitrogen functional groups attached to an aromatic ring is 1. The van der Waals surface area contributed by atoms with E-state index in [0.29, 0.717) is 23.4 Å². The van der Waals surface area contributed by atoms with E-state index in [2.05, 4.69) is 35.4 Å². The van der Waals surface area contributed by atoms with E-state index < -0.39 is 0 Å². The van der Waals surface area contributed by atoms with Gasteiger partial charge in [0.15, 0.2) is 5.82 Å². The summed E-state index contributed by atoms with van der Waals surface area (Å²) in [5, 5.41) is 11.2. The maximum Gasteiger partial charge on any atom is 0.233 e. The van der Waals surface area contributed by atoms with E-state index in [1.807, 2.05) is 32.9 Å². The summed E-state index contributed by atoms with van der Waals surface area (Å²) >= 11 is 1.27. The van der Waals surface area contributed by atoms with E-state index in [-0.39, 0.29) is 17.8 Å². The Hall–Kier alpha value is -2.22. The first-order valence-corrected chi connectivity index (χ1v) is 9.49. The number of carbonyl (C=O) groups excluding carboxylic acids is 1. The molecule has 0 saturated carbocycles. The van der Waals surface area contributed by atoms with Crippen molar-refractivity contribution in [2.45, 2.75) is 51.6 Å². The lowest BCUT2D eigenvalue weighted by molar-refractivity contribution is -0.120. The van der Waals surface area contributed by atoms with Crippen LogP contribution in [0, 0.1) is 19.8 Å². The topological polar surface area (TPSA) is 95.1 Å². The Balaban J connectivity index is 1.95. The summed E-state index contributed by atoms with van der Waals surface area (Å²) in [6, 6.07) is 5.98. The molecule has 0 aliphatic heterocycles. The van der Waals surface area contributed by atoms with Crippen molar-refractivity contribution in [2.75, 3.05) is 12.4 Å². The predicted octanol–water partition coefficient (Wildman–Crippen LogP) is 2.44. The monoisotopic (exact) mass is 377 g/mol. The number of aryl methyl sites for hydroxylation is 2. The summed E-state index contributed by atoms with van der Waals surface area (Å²) < 4.78 is 7.17. The Bertz CT molecular complexity index is 760. The van der Waals surface area contributed by atoms with Gasteiger partial charge in [0.05, 0.1) is 5.25 Å². The second-order valence-corrected chi connectivity index (χ2v) is 8.03. The molecule has 2 rings (SSSR count). The lowest BCUT2D eigenvalue weighted by Crippen LogP contribution is -2.33. The average molecular weight is 378 g/mol. The molecule has 1 aromatic carbocycles.